The lowest BCUT2D eigenvalue weighted by Crippen LogP contribution is -2.14. The quantitative estimate of drug-likeness (QED) is 0.615. The van der Waals surface area contributed by atoms with E-state index in [0.29, 0.717) is 10.0 Å². The molecule has 0 saturated heterocycles. The first-order valence-corrected chi connectivity index (χ1v) is 7.97. The number of hydrogen-bond donors (Lipinski definition) is 1. The maximum atomic E-state index is 14.2. The average Bonchev–Trinajstić information content (AvgIpc) is 2.44. The van der Waals surface area contributed by atoms with Gasteiger partial charge in [-0.05, 0) is 39.9 Å². The van der Waals surface area contributed by atoms with Gasteiger partial charge in [0.2, 0.25) is 0 Å². The van der Waals surface area contributed by atoms with Crippen LogP contribution in [0.3, 0.4) is 0 Å². The molecule has 0 radical (unpaired) electrons. The van der Waals surface area contributed by atoms with Crippen molar-refractivity contribution < 1.29 is 4.39 Å². The summed E-state index contributed by atoms with van der Waals surface area (Å²) in [5.74, 6) is -0.473. The SMILES string of the molecule is CSc1ccccc1C(N)c1ccc(Br)c(Cl)c1F. The van der Waals surface area contributed by atoms with Gasteiger partial charge in [0.1, 0.15) is 5.82 Å². The minimum Gasteiger partial charge on any atom is -0.320 e. The molecule has 0 aliphatic rings. The van der Waals surface area contributed by atoms with Crippen molar-refractivity contribution in [2.24, 2.45) is 5.73 Å². The van der Waals surface area contributed by atoms with Gasteiger partial charge in [-0.2, -0.15) is 0 Å². The second kappa shape index (κ2) is 6.27. The Kier molecular flexibility index (Phi) is 4.90. The maximum absolute atomic E-state index is 14.2. The van der Waals surface area contributed by atoms with Gasteiger partial charge in [0.15, 0.2) is 0 Å². The standard InChI is InChI=1S/C14H12BrClFNS/c1-19-11-5-3-2-4-8(11)14(18)9-6-7-10(15)12(16)13(9)17/h2-7,14H,18H2,1H3. The van der Waals surface area contributed by atoms with Crippen LogP contribution in [0, 0.1) is 5.82 Å². The van der Waals surface area contributed by atoms with Crippen LogP contribution >= 0.6 is 39.3 Å². The van der Waals surface area contributed by atoms with Gasteiger partial charge >= 0.3 is 0 Å². The lowest BCUT2D eigenvalue weighted by molar-refractivity contribution is 0.598. The largest absolute Gasteiger partial charge is 0.320 e. The van der Waals surface area contributed by atoms with Gasteiger partial charge in [0.25, 0.3) is 0 Å². The smallest absolute Gasteiger partial charge is 0.148 e. The van der Waals surface area contributed by atoms with Crippen LogP contribution in [0.1, 0.15) is 17.2 Å². The monoisotopic (exact) mass is 359 g/mol. The maximum Gasteiger partial charge on any atom is 0.148 e. The van der Waals surface area contributed by atoms with E-state index in [-0.39, 0.29) is 5.02 Å². The van der Waals surface area contributed by atoms with Crippen molar-refractivity contribution in [3.8, 4) is 0 Å². The third-order valence-electron chi connectivity index (χ3n) is 2.87. The van der Waals surface area contributed by atoms with E-state index in [1.807, 2.05) is 30.5 Å². The molecule has 0 aliphatic heterocycles. The molecule has 2 N–H and O–H groups in total. The minimum absolute atomic E-state index is 0.0644. The minimum atomic E-state index is -0.533. The van der Waals surface area contributed by atoms with Crippen LogP contribution < -0.4 is 5.73 Å². The Balaban J connectivity index is 2.50. The van der Waals surface area contributed by atoms with Crippen LogP contribution in [-0.4, -0.2) is 6.26 Å². The van der Waals surface area contributed by atoms with E-state index in [2.05, 4.69) is 15.9 Å². The molecule has 0 aromatic heterocycles. The summed E-state index contributed by atoms with van der Waals surface area (Å²) in [7, 11) is 0. The van der Waals surface area contributed by atoms with Crippen molar-refractivity contribution in [1.29, 1.82) is 0 Å². The Morgan fingerprint density at radius 1 is 1.21 bits per heavy atom. The van der Waals surface area contributed by atoms with Crippen LogP contribution in [0.2, 0.25) is 5.02 Å². The van der Waals surface area contributed by atoms with Crippen LogP contribution in [0.15, 0.2) is 45.8 Å². The van der Waals surface area contributed by atoms with E-state index in [0.717, 1.165) is 10.5 Å². The van der Waals surface area contributed by atoms with E-state index in [9.17, 15) is 4.39 Å². The number of nitrogens with two attached hydrogens (primary N) is 1. The Morgan fingerprint density at radius 3 is 2.58 bits per heavy atom. The fraction of sp³-hybridized carbons (Fsp3) is 0.143. The van der Waals surface area contributed by atoms with Gasteiger partial charge in [-0.15, -0.1) is 11.8 Å². The summed E-state index contributed by atoms with van der Waals surface area (Å²) >= 11 is 10.7. The highest BCUT2D eigenvalue weighted by molar-refractivity contribution is 9.10. The van der Waals surface area contributed by atoms with Crippen LogP contribution in [-0.2, 0) is 0 Å². The summed E-state index contributed by atoms with van der Waals surface area (Å²) in [6, 6.07) is 10.5. The molecule has 1 unspecified atom stereocenters. The second-order valence-electron chi connectivity index (χ2n) is 3.98. The predicted octanol–water partition coefficient (Wildman–Crippen LogP) is 5.01. The highest BCUT2D eigenvalue weighted by Gasteiger charge is 2.19. The third kappa shape index (κ3) is 2.97. The van der Waals surface area contributed by atoms with E-state index in [1.54, 1.807) is 23.9 Å². The highest BCUT2D eigenvalue weighted by Crippen LogP contribution is 2.34. The molecule has 0 aliphatic carbocycles. The van der Waals surface area contributed by atoms with Crippen LogP contribution in [0.5, 0.6) is 0 Å². The van der Waals surface area contributed by atoms with E-state index >= 15 is 0 Å². The normalized spacial score (nSPS) is 12.5. The summed E-state index contributed by atoms with van der Waals surface area (Å²) in [6.07, 6.45) is 1.97. The lowest BCUT2D eigenvalue weighted by atomic mass is 9.99. The first kappa shape index (κ1) is 14.9. The molecule has 1 nitrogen and oxygen atoms in total. The fourth-order valence-corrected chi connectivity index (χ4v) is 3.00. The van der Waals surface area contributed by atoms with E-state index in [1.165, 1.54) is 0 Å². The first-order chi connectivity index (χ1) is 9.06. The topological polar surface area (TPSA) is 26.0 Å². The van der Waals surface area contributed by atoms with Crippen molar-refractivity contribution >= 4 is 39.3 Å². The second-order valence-corrected chi connectivity index (χ2v) is 6.06. The molecule has 100 valence electrons. The molecule has 1 atom stereocenters. The molecule has 5 heteroatoms. The molecule has 0 bridgehead atoms. The van der Waals surface area contributed by atoms with Crippen molar-refractivity contribution in [2.75, 3.05) is 6.26 Å². The first-order valence-electron chi connectivity index (χ1n) is 5.58. The van der Waals surface area contributed by atoms with Gasteiger partial charge in [0, 0.05) is 14.9 Å². The number of rotatable bonds is 3. The van der Waals surface area contributed by atoms with E-state index in [4.69, 9.17) is 17.3 Å². The predicted molar refractivity (Wildman–Crippen MR) is 83.4 cm³/mol. The zero-order chi connectivity index (χ0) is 14.0. The van der Waals surface area contributed by atoms with Gasteiger partial charge in [-0.25, -0.2) is 4.39 Å². The zero-order valence-corrected chi connectivity index (χ0v) is 13.3. The molecule has 2 aromatic carbocycles. The van der Waals surface area contributed by atoms with Crippen LogP contribution in [0.25, 0.3) is 0 Å². The molecule has 19 heavy (non-hydrogen) atoms. The Hall–Kier alpha value is -0.550. The molecular formula is C14H12BrClFNS. The molecule has 0 fully saturated rings. The molecule has 2 aromatic rings. The van der Waals surface area contributed by atoms with E-state index < -0.39 is 11.9 Å². The summed E-state index contributed by atoms with van der Waals surface area (Å²) in [5, 5.41) is 0.0644. The zero-order valence-electron chi connectivity index (χ0n) is 10.2. The van der Waals surface area contributed by atoms with Crippen molar-refractivity contribution in [3.63, 3.8) is 0 Å². The Labute approximate surface area is 129 Å². The molecule has 0 heterocycles. The Bertz CT molecular complexity index is 606. The van der Waals surface area contributed by atoms with Gasteiger partial charge < -0.3 is 5.73 Å². The summed E-state index contributed by atoms with van der Waals surface area (Å²) < 4.78 is 14.7. The van der Waals surface area contributed by atoms with Gasteiger partial charge in [0.05, 0.1) is 11.1 Å². The molecular weight excluding hydrogens is 349 g/mol. The lowest BCUT2D eigenvalue weighted by Gasteiger charge is -2.17. The number of hydrogen-bond acceptors (Lipinski definition) is 2. The highest BCUT2D eigenvalue weighted by atomic mass is 79.9. The summed E-state index contributed by atoms with van der Waals surface area (Å²) in [5.41, 5.74) is 7.48. The summed E-state index contributed by atoms with van der Waals surface area (Å²) in [6.45, 7) is 0. The van der Waals surface area contributed by atoms with Gasteiger partial charge in [-0.3, -0.25) is 0 Å². The molecule has 0 saturated carbocycles. The third-order valence-corrected chi connectivity index (χ3v) is 4.94. The molecule has 0 amide bonds. The molecule has 0 spiro atoms. The number of thioether (sulfide) groups is 1. The van der Waals surface area contributed by atoms with Crippen molar-refractivity contribution in [1.82, 2.24) is 0 Å². The Morgan fingerprint density at radius 2 is 1.89 bits per heavy atom. The average molecular weight is 361 g/mol. The number of halogens is 3. The molecule has 2 rings (SSSR count). The van der Waals surface area contributed by atoms with Crippen LogP contribution in [0.4, 0.5) is 4.39 Å². The van der Waals surface area contributed by atoms with Crippen molar-refractivity contribution in [2.45, 2.75) is 10.9 Å². The van der Waals surface area contributed by atoms with Gasteiger partial charge in [-0.1, -0.05) is 35.9 Å². The number of benzene rings is 2. The van der Waals surface area contributed by atoms with Crippen molar-refractivity contribution in [3.05, 3.63) is 62.8 Å². The fourth-order valence-electron chi connectivity index (χ4n) is 1.87. The summed E-state index contributed by atoms with van der Waals surface area (Å²) in [4.78, 5) is 1.04.